The average molecular weight is 945 g/mol. The van der Waals surface area contributed by atoms with Gasteiger partial charge in [-0.05, 0) is 93.9 Å². The summed E-state index contributed by atoms with van der Waals surface area (Å²) >= 11 is 0. The smallest absolute Gasteiger partial charge is 0.323 e. The maximum Gasteiger partial charge on any atom is 0.323 e. The topological polar surface area (TPSA) is 124 Å². The predicted octanol–water partition coefficient (Wildman–Crippen LogP) is 12.1. The van der Waals surface area contributed by atoms with Gasteiger partial charge in [0, 0.05) is 46.9 Å². The van der Waals surface area contributed by atoms with E-state index in [4.69, 9.17) is 28.4 Å². The van der Waals surface area contributed by atoms with Crippen LogP contribution in [0.15, 0.2) is 84.0 Å². The minimum absolute atomic E-state index is 0.125. The molecule has 0 spiro atoms. The van der Waals surface area contributed by atoms with Crippen molar-refractivity contribution in [3.63, 3.8) is 0 Å². The lowest BCUT2D eigenvalue weighted by atomic mass is 9.80. The Balaban J connectivity index is 0.920. The second-order valence-corrected chi connectivity index (χ2v) is 23.0. The molecule has 2 unspecified atom stereocenters. The molecule has 3 aromatic carbocycles. The molecule has 0 saturated heterocycles. The molecule has 0 bridgehead atoms. The van der Waals surface area contributed by atoms with Crippen molar-refractivity contribution in [2.75, 3.05) is 26.4 Å². The largest absolute Gasteiger partial charge is 0.466 e. The van der Waals surface area contributed by atoms with Crippen LogP contribution in [0.1, 0.15) is 172 Å². The van der Waals surface area contributed by atoms with Crippen LogP contribution in [-0.2, 0) is 61.8 Å². The predicted molar refractivity (Wildman–Crippen MR) is 270 cm³/mol. The fraction of sp³-hybridized carbons (Fsp3) is 0.525. The Morgan fingerprint density at radius 3 is 1.70 bits per heavy atom. The lowest BCUT2D eigenvalue weighted by Crippen LogP contribution is -2.32. The summed E-state index contributed by atoms with van der Waals surface area (Å²) in [4.78, 5) is 52.6. The minimum Gasteiger partial charge on any atom is -0.466 e. The Morgan fingerprint density at radius 1 is 0.638 bits per heavy atom. The third-order valence-electron chi connectivity index (χ3n) is 13.6. The first-order chi connectivity index (χ1) is 32.1. The molecule has 372 valence electrons. The van der Waals surface area contributed by atoms with Gasteiger partial charge < -0.3 is 28.4 Å². The van der Waals surface area contributed by atoms with Gasteiger partial charge in [0.25, 0.3) is 0 Å². The van der Waals surface area contributed by atoms with Crippen LogP contribution in [0.3, 0.4) is 0 Å². The summed E-state index contributed by atoms with van der Waals surface area (Å²) in [5.74, 6) is -0.988. The first-order valence-corrected chi connectivity index (χ1v) is 24.7. The summed E-state index contributed by atoms with van der Waals surface area (Å²) in [5.41, 5.74) is 7.73. The highest BCUT2D eigenvalue weighted by Crippen LogP contribution is 2.48. The third kappa shape index (κ3) is 13.5. The second kappa shape index (κ2) is 21.0. The zero-order valence-electron chi connectivity index (χ0n) is 43.7. The maximum absolute atomic E-state index is 13.5. The van der Waals surface area contributed by atoms with Gasteiger partial charge in [0.05, 0.1) is 31.0 Å². The van der Waals surface area contributed by atoms with E-state index in [0.717, 1.165) is 55.7 Å². The molecule has 0 radical (unpaired) electrons. The normalized spacial score (nSPS) is 17.9. The summed E-state index contributed by atoms with van der Waals surface area (Å²) < 4.78 is 35.5. The summed E-state index contributed by atoms with van der Waals surface area (Å²) in [6.45, 7) is 29.9. The lowest BCUT2D eigenvalue weighted by molar-refractivity contribution is -0.149. The number of rotatable bonds is 19. The van der Waals surface area contributed by atoms with Crippen molar-refractivity contribution < 1.29 is 47.6 Å². The van der Waals surface area contributed by atoms with E-state index >= 15 is 0 Å². The first kappa shape index (κ1) is 53.0. The zero-order valence-corrected chi connectivity index (χ0v) is 43.7. The van der Waals surface area contributed by atoms with Crippen molar-refractivity contribution in [3.8, 4) is 11.5 Å². The molecule has 2 heterocycles. The number of hydrogen-bond acceptors (Lipinski definition) is 10. The average Bonchev–Trinajstić information content (AvgIpc) is 3.71. The van der Waals surface area contributed by atoms with Crippen LogP contribution in [0.4, 0.5) is 0 Å². The van der Waals surface area contributed by atoms with Gasteiger partial charge in [-0.15, -0.1) is 0 Å². The van der Waals surface area contributed by atoms with E-state index in [-0.39, 0.29) is 72.8 Å². The van der Waals surface area contributed by atoms with E-state index in [0.29, 0.717) is 43.8 Å². The lowest BCUT2D eigenvalue weighted by Gasteiger charge is -2.29. The number of carbonyl (C=O) groups excluding carboxylic acids is 4. The van der Waals surface area contributed by atoms with Crippen LogP contribution in [0.2, 0.25) is 0 Å². The molecular weight excluding hydrogens is 869 g/mol. The minimum atomic E-state index is -0.546. The van der Waals surface area contributed by atoms with Gasteiger partial charge in [-0.1, -0.05) is 139 Å². The molecule has 69 heavy (non-hydrogen) atoms. The summed E-state index contributed by atoms with van der Waals surface area (Å²) in [5, 5.41) is 0. The molecule has 10 heteroatoms. The van der Waals surface area contributed by atoms with Crippen molar-refractivity contribution in [1.29, 1.82) is 0 Å². The van der Waals surface area contributed by atoms with Crippen LogP contribution < -0.4 is 9.47 Å². The van der Waals surface area contributed by atoms with E-state index in [2.05, 4.69) is 80.5 Å². The van der Waals surface area contributed by atoms with Crippen molar-refractivity contribution in [1.82, 2.24) is 0 Å². The Labute approximate surface area is 411 Å². The highest BCUT2D eigenvalue weighted by atomic mass is 16.6. The number of benzene rings is 3. The molecule has 2 atom stereocenters. The quantitative estimate of drug-likeness (QED) is 0.0652. The maximum atomic E-state index is 13.5. The molecule has 0 fully saturated rings. The van der Waals surface area contributed by atoms with Crippen LogP contribution in [0, 0.1) is 12.3 Å². The standard InChI is InChI=1S/C59H76O10/c1-37-17-15-18-41(31-37)49-43-33-40(36-45(55(3,4)5)51(43)68-53(49)62)21-23-48(61)65-29-30-67-59(13,14)26-28-66-58(11,12)25-27-64-47(60)22-20-39-34-44-50(42-19-16-24-57(9,10)38(2)32-42)54(63)69-52(44)46(35-39)56(6,7)8/h15-19,24,31-36,49-50H,20-23,25-30H2,1-14H3. The van der Waals surface area contributed by atoms with Crippen molar-refractivity contribution in [2.45, 2.75) is 169 Å². The Hall–Kier alpha value is -5.32. The molecule has 0 saturated carbocycles. The fourth-order valence-corrected chi connectivity index (χ4v) is 8.97. The summed E-state index contributed by atoms with van der Waals surface area (Å²) in [6, 6.07) is 16.1. The van der Waals surface area contributed by atoms with E-state index in [9.17, 15) is 19.2 Å². The van der Waals surface area contributed by atoms with Crippen LogP contribution in [0.5, 0.6) is 11.5 Å². The van der Waals surface area contributed by atoms with E-state index in [1.165, 1.54) is 0 Å². The molecule has 0 N–H and O–H groups in total. The molecule has 6 rings (SSSR count). The molecule has 1 aliphatic carbocycles. The summed E-state index contributed by atoms with van der Waals surface area (Å²) in [7, 11) is 0. The first-order valence-electron chi connectivity index (χ1n) is 24.7. The fourth-order valence-electron chi connectivity index (χ4n) is 8.97. The second-order valence-electron chi connectivity index (χ2n) is 23.0. The molecule has 10 nitrogen and oxygen atoms in total. The van der Waals surface area contributed by atoms with Gasteiger partial charge in [-0.3, -0.25) is 19.2 Å². The number of aryl methyl sites for hydroxylation is 3. The summed E-state index contributed by atoms with van der Waals surface area (Å²) in [6.07, 6.45) is 10.7. The van der Waals surface area contributed by atoms with Crippen molar-refractivity contribution in [3.05, 3.63) is 128 Å². The molecule has 2 aliphatic heterocycles. The van der Waals surface area contributed by atoms with Gasteiger partial charge in [0.2, 0.25) is 0 Å². The van der Waals surface area contributed by atoms with E-state index in [1.807, 2.05) is 89.2 Å². The zero-order chi connectivity index (χ0) is 50.7. The highest BCUT2D eigenvalue weighted by molar-refractivity contribution is 5.92. The molecular formula is C59H76O10. The number of hydrogen-bond donors (Lipinski definition) is 0. The molecule has 0 aromatic heterocycles. The van der Waals surface area contributed by atoms with Gasteiger partial charge >= 0.3 is 23.9 Å². The van der Waals surface area contributed by atoms with Gasteiger partial charge in [-0.2, -0.15) is 0 Å². The molecule has 3 aliphatic rings. The Kier molecular flexibility index (Phi) is 16.1. The van der Waals surface area contributed by atoms with Crippen molar-refractivity contribution >= 4 is 23.9 Å². The highest BCUT2D eigenvalue weighted by Gasteiger charge is 2.41. The van der Waals surface area contributed by atoms with E-state index in [1.54, 1.807) is 0 Å². The molecule has 3 aromatic rings. The number of allylic oxidation sites excluding steroid dienone is 5. The van der Waals surface area contributed by atoms with Gasteiger partial charge in [0.1, 0.15) is 29.9 Å². The number of fused-ring (bicyclic) bond motifs is 2. The number of ether oxygens (including phenoxy) is 6. The van der Waals surface area contributed by atoms with Gasteiger partial charge in [-0.25, -0.2) is 0 Å². The number of esters is 4. The van der Waals surface area contributed by atoms with Crippen molar-refractivity contribution in [2.24, 2.45) is 5.41 Å². The van der Waals surface area contributed by atoms with E-state index < -0.39 is 23.0 Å². The van der Waals surface area contributed by atoms with Crippen LogP contribution in [0.25, 0.3) is 0 Å². The third-order valence-corrected chi connectivity index (χ3v) is 13.6. The SMILES string of the molecule is CC1=CC(C2C(=O)Oc3c2cc(CCC(=O)OCCC(C)(C)OCCC(C)(C)OCCOC(=O)CCc2cc4c(c(C(C)(C)C)c2)OC(=O)C4c2cccc(C)c2)cc3C(C)(C)C)=CC=CC1(C)C. The van der Waals surface area contributed by atoms with Crippen LogP contribution >= 0.6 is 0 Å². The number of carbonyl (C=O) groups is 4. The Bertz CT molecular complexity index is 2520. The van der Waals surface area contributed by atoms with Gasteiger partial charge in [0.15, 0.2) is 0 Å². The molecule has 0 amide bonds. The van der Waals surface area contributed by atoms with Crippen LogP contribution in [-0.4, -0.2) is 61.5 Å². The monoisotopic (exact) mass is 945 g/mol. The Morgan fingerprint density at radius 2 is 1.14 bits per heavy atom.